The van der Waals surface area contributed by atoms with E-state index in [1.807, 2.05) is 13.8 Å². The second-order valence-electron chi connectivity index (χ2n) is 6.40. The summed E-state index contributed by atoms with van der Waals surface area (Å²) in [4.78, 5) is 11.8. The Morgan fingerprint density at radius 2 is 2.00 bits per heavy atom. The first kappa shape index (κ1) is 17.6. The first-order valence-corrected chi connectivity index (χ1v) is 7.48. The van der Waals surface area contributed by atoms with E-state index in [1.165, 1.54) is 0 Å². The third-order valence-corrected chi connectivity index (χ3v) is 4.30. The average Bonchev–Trinajstić information content (AvgIpc) is 2.48. The molecular weight excluding hydrogens is 292 g/mol. The molecule has 0 bridgehead atoms. The molecule has 0 aromatic rings. The van der Waals surface area contributed by atoms with Gasteiger partial charge in [0.2, 0.25) is 0 Å². The quantitative estimate of drug-likeness (QED) is 0.558. The maximum Gasteiger partial charge on any atom is 0.364 e. The van der Waals surface area contributed by atoms with Gasteiger partial charge in [0, 0.05) is 13.7 Å². The summed E-state index contributed by atoms with van der Waals surface area (Å²) < 4.78 is 18.3. The molecule has 1 rings (SSSR count). The van der Waals surface area contributed by atoms with Crippen molar-refractivity contribution in [1.29, 1.82) is 0 Å². The van der Waals surface area contributed by atoms with Crippen molar-refractivity contribution in [2.24, 2.45) is 11.8 Å². The predicted molar refractivity (Wildman–Crippen MR) is 78.1 cm³/mol. The number of aliphatic carboxylic acids is 1. The van der Waals surface area contributed by atoms with Crippen molar-refractivity contribution >= 4 is 5.97 Å². The van der Waals surface area contributed by atoms with Gasteiger partial charge in [0.05, 0.1) is 24.4 Å². The van der Waals surface area contributed by atoms with E-state index in [4.69, 9.17) is 10.8 Å². The van der Waals surface area contributed by atoms with Crippen LogP contribution in [0, 0.1) is 11.8 Å². The number of hydrogen-bond donors (Lipinski definition) is 4. The van der Waals surface area contributed by atoms with Gasteiger partial charge in [-0.15, -0.1) is 0 Å². The summed E-state index contributed by atoms with van der Waals surface area (Å²) in [5.41, 5.74) is 0. The molecule has 0 aromatic carbocycles. The second-order valence-corrected chi connectivity index (χ2v) is 6.40. The molecule has 22 heavy (non-hydrogen) atoms. The first-order chi connectivity index (χ1) is 10.6. The molecule has 1 heterocycles. The Morgan fingerprint density at radius 1 is 1.41 bits per heavy atom. The van der Waals surface area contributed by atoms with Crippen molar-refractivity contribution in [2.75, 3.05) is 0 Å². The summed E-state index contributed by atoms with van der Waals surface area (Å²) in [6.45, 7) is 6.55. The topological polar surface area (TPSA) is 116 Å². The average molecular weight is 321 g/mol. The van der Waals surface area contributed by atoms with E-state index in [1.54, 1.807) is 13.8 Å². The number of aliphatic hydroxyl groups is 3. The molecule has 0 amide bonds. The minimum atomic E-state index is -2.09. The highest BCUT2D eigenvalue weighted by Gasteiger charge is 2.54. The summed E-state index contributed by atoms with van der Waals surface area (Å²) in [6, 6.07) is 0. The van der Waals surface area contributed by atoms with E-state index in [0.717, 1.165) is 0 Å². The highest BCUT2D eigenvalue weighted by Crippen LogP contribution is 2.37. The second kappa shape index (κ2) is 7.23. The molecule has 0 aliphatic carbocycles. The normalized spacial score (nSPS) is 37.5. The van der Waals surface area contributed by atoms with Gasteiger partial charge < -0.3 is 29.9 Å². The van der Waals surface area contributed by atoms with Crippen LogP contribution in [0.15, 0.2) is 0 Å². The Bertz CT molecular complexity index is 405. The number of carboxylic acids is 1. The van der Waals surface area contributed by atoms with Crippen LogP contribution in [0.25, 0.3) is 0 Å². The lowest BCUT2D eigenvalue weighted by molar-refractivity contribution is -0.329. The predicted octanol–water partition coefficient (Wildman–Crippen LogP) is 0.356. The van der Waals surface area contributed by atoms with Crippen LogP contribution < -0.4 is 0 Å². The molecule has 1 aliphatic rings. The molecule has 0 radical (unpaired) electrons. The molecule has 7 atom stereocenters. The van der Waals surface area contributed by atoms with E-state index in [0.29, 0.717) is 0 Å². The molecule has 0 spiro atoms. The third kappa shape index (κ3) is 3.97. The number of ether oxygens (including phenoxy) is 2. The zero-order valence-electron chi connectivity index (χ0n) is 14.5. The molecule has 1 saturated heterocycles. The summed E-state index contributed by atoms with van der Waals surface area (Å²) in [5, 5.41) is 39.6. The molecule has 4 N–H and O–H groups in total. The standard InChI is InChI=1S/C15H28O7/c1-7(2)10(5)21-15(14(19)20)6-11(17)8(3)13(22-15)12(18)9(4)16/h7-13,16-18H,6H2,1-5H3,(H,19,20)/i4D. The van der Waals surface area contributed by atoms with Gasteiger partial charge in [-0.1, -0.05) is 20.8 Å². The van der Waals surface area contributed by atoms with E-state index in [-0.39, 0.29) is 12.3 Å². The lowest BCUT2D eigenvalue weighted by Gasteiger charge is -2.46. The number of aliphatic hydroxyl groups excluding tert-OH is 3. The zero-order valence-corrected chi connectivity index (χ0v) is 13.5. The monoisotopic (exact) mass is 321 g/mol. The van der Waals surface area contributed by atoms with Gasteiger partial charge in [0.25, 0.3) is 5.79 Å². The van der Waals surface area contributed by atoms with E-state index in [2.05, 4.69) is 0 Å². The molecule has 7 heteroatoms. The van der Waals surface area contributed by atoms with Crippen molar-refractivity contribution in [3.8, 4) is 0 Å². The van der Waals surface area contributed by atoms with E-state index >= 15 is 0 Å². The smallest absolute Gasteiger partial charge is 0.364 e. The van der Waals surface area contributed by atoms with Crippen molar-refractivity contribution in [3.63, 3.8) is 0 Å². The van der Waals surface area contributed by atoms with Gasteiger partial charge >= 0.3 is 5.97 Å². The fourth-order valence-electron chi connectivity index (χ4n) is 2.36. The fourth-order valence-corrected chi connectivity index (χ4v) is 2.36. The molecule has 1 aliphatic heterocycles. The van der Waals surface area contributed by atoms with Gasteiger partial charge in [-0.25, -0.2) is 4.79 Å². The van der Waals surface area contributed by atoms with Crippen molar-refractivity contribution < 1.29 is 36.1 Å². The Hall–Kier alpha value is -0.730. The number of carbonyl (C=O) groups is 1. The van der Waals surface area contributed by atoms with E-state index < -0.39 is 55.1 Å². The Labute approximate surface area is 132 Å². The van der Waals surface area contributed by atoms with Crippen molar-refractivity contribution in [3.05, 3.63) is 0 Å². The number of carboxylic acid groups (broad SMARTS) is 1. The summed E-state index contributed by atoms with van der Waals surface area (Å²) in [5.74, 6) is -4.08. The lowest BCUT2D eigenvalue weighted by Crippen LogP contribution is -2.61. The Morgan fingerprint density at radius 3 is 2.45 bits per heavy atom. The van der Waals surface area contributed by atoms with Gasteiger partial charge in [-0.05, 0) is 19.7 Å². The maximum absolute atomic E-state index is 11.8. The molecule has 7 unspecified atom stereocenters. The third-order valence-electron chi connectivity index (χ3n) is 4.30. The zero-order chi connectivity index (χ0) is 17.9. The van der Waals surface area contributed by atoms with Crippen molar-refractivity contribution in [2.45, 2.75) is 77.3 Å². The lowest BCUT2D eigenvalue weighted by atomic mass is 9.84. The highest BCUT2D eigenvalue weighted by molar-refractivity contribution is 5.76. The van der Waals surface area contributed by atoms with Crippen LogP contribution in [0.2, 0.25) is 0 Å². The van der Waals surface area contributed by atoms with Crippen LogP contribution in [0.1, 0.15) is 42.4 Å². The largest absolute Gasteiger partial charge is 0.477 e. The van der Waals surface area contributed by atoms with Crippen molar-refractivity contribution in [1.82, 2.24) is 0 Å². The molecule has 0 aromatic heterocycles. The molecule has 7 nitrogen and oxygen atoms in total. The molecule has 1 fully saturated rings. The summed E-state index contributed by atoms with van der Waals surface area (Å²) in [7, 11) is 0. The van der Waals surface area contributed by atoms with Crippen LogP contribution in [-0.4, -0.2) is 62.7 Å². The fraction of sp³-hybridized carbons (Fsp3) is 0.933. The number of rotatable bonds is 6. The van der Waals surface area contributed by atoms with Gasteiger partial charge in [0.1, 0.15) is 6.10 Å². The summed E-state index contributed by atoms with van der Waals surface area (Å²) >= 11 is 0. The van der Waals surface area contributed by atoms with Crippen LogP contribution in [-0.2, 0) is 14.3 Å². The molecular formula is C15H28O7. The van der Waals surface area contributed by atoms with Crippen LogP contribution in [0.3, 0.4) is 0 Å². The number of hydrogen-bond acceptors (Lipinski definition) is 6. The van der Waals surface area contributed by atoms with E-state index in [9.17, 15) is 25.2 Å². The van der Waals surface area contributed by atoms with Crippen LogP contribution in [0.5, 0.6) is 0 Å². The Kier molecular flexibility index (Phi) is 5.79. The first-order valence-electron chi connectivity index (χ1n) is 8.19. The molecule has 0 saturated carbocycles. The minimum absolute atomic E-state index is 0.0218. The minimum Gasteiger partial charge on any atom is -0.477 e. The highest BCUT2D eigenvalue weighted by atomic mass is 16.7. The van der Waals surface area contributed by atoms with Gasteiger partial charge in [0.15, 0.2) is 0 Å². The maximum atomic E-state index is 11.8. The van der Waals surface area contributed by atoms with Crippen LogP contribution in [0.4, 0.5) is 0 Å². The summed E-state index contributed by atoms with van der Waals surface area (Å²) in [6.07, 6.45) is -5.87. The SMILES string of the molecule is [2H]CC(O)C(O)C1OC(OC(C)C(C)C)(C(=O)O)CC(O)C1C. The van der Waals surface area contributed by atoms with Crippen LogP contribution >= 0.6 is 0 Å². The Balaban J connectivity index is 3.10. The van der Waals surface area contributed by atoms with Gasteiger partial charge in [-0.2, -0.15) is 0 Å². The molecule has 130 valence electrons. The van der Waals surface area contributed by atoms with Gasteiger partial charge in [-0.3, -0.25) is 0 Å².